The number of nitrogens with zero attached hydrogens (tertiary/aromatic N) is 2. The first-order valence-corrected chi connectivity index (χ1v) is 7.91. The number of amides is 3. The molecule has 0 bridgehead atoms. The largest absolute Gasteiger partial charge is 0.449 e. The van der Waals surface area contributed by atoms with Crippen LogP contribution in [0, 0.1) is 0 Å². The van der Waals surface area contributed by atoms with E-state index in [1.54, 1.807) is 13.8 Å². The number of benzene rings is 1. The molecule has 0 aliphatic heterocycles. The van der Waals surface area contributed by atoms with Crippen molar-refractivity contribution in [3.63, 3.8) is 0 Å². The van der Waals surface area contributed by atoms with E-state index >= 15 is 0 Å². The van der Waals surface area contributed by atoms with Crippen molar-refractivity contribution in [1.29, 1.82) is 0 Å². The minimum Gasteiger partial charge on any atom is -0.352 e. The van der Waals surface area contributed by atoms with Gasteiger partial charge in [0.1, 0.15) is 0 Å². The van der Waals surface area contributed by atoms with Crippen LogP contribution in [0.15, 0.2) is 18.2 Å². The van der Waals surface area contributed by atoms with Crippen LogP contribution in [0.1, 0.15) is 19.7 Å². The summed E-state index contributed by atoms with van der Waals surface area (Å²) in [6.45, 7) is 3.10. The summed E-state index contributed by atoms with van der Waals surface area (Å²) in [6, 6.07) is 3.80. The van der Waals surface area contributed by atoms with E-state index in [4.69, 9.17) is 0 Å². The van der Waals surface area contributed by atoms with Gasteiger partial charge in [-0.3, -0.25) is 14.4 Å². The van der Waals surface area contributed by atoms with Gasteiger partial charge in [-0.1, -0.05) is 0 Å². The van der Waals surface area contributed by atoms with Gasteiger partial charge in [0.15, 0.2) is 0 Å². The average Bonchev–Trinajstić information content (AvgIpc) is 2.88. The molecule has 0 aliphatic carbocycles. The van der Waals surface area contributed by atoms with Crippen molar-refractivity contribution < 1.29 is 27.6 Å². The second-order valence-corrected chi connectivity index (χ2v) is 6.05. The van der Waals surface area contributed by atoms with Gasteiger partial charge < -0.3 is 20.5 Å². The topological polar surface area (TPSA) is 105 Å². The van der Waals surface area contributed by atoms with Crippen LogP contribution in [0.2, 0.25) is 0 Å². The molecule has 8 nitrogen and oxygen atoms in total. The second-order valence-electron chi connectivity index (χ2n) is 6.05. The fourth-order valence-electron chi connectivity index (χ4n) is 2.33. The number of alkyl halides is 3. The summed E-state index contributed by atoms with van der Waals surface area (Å²) in [5.74, 6) is -3.64. The lowest BCUT2D eigenvalue weighted by Crippen LogP contribution is -2.43. The lowest BCUT2D eigenvalue weighted by atomic mass is 10.2. The molecule has 1 heterocycles. The zero-order valence-corrected chi connectivity index (χ0v) is 14.8. The third-order valence-corrected chi connectivity index (χ3v) is 3.46. The molecule has 0 saturated carbocycles. The first-order valence-electron chi connectivity index (χ1n) is 7.91. The standard InChI is InChI=1S/C16H18F3N5O3/c1-8(2)21-12(25)7-20-13(26)14(27)22-9-4-5-11-10(6-9)23-15(24(11)3)16(17,18)19/h4-6,8H,7H2,1-3H3,(H,20,26)(H,21,25)(H,22,27). The van der Waals surface area contributed by atoms with Gasteiger partial charge in [0.25, 0.3) is 0 Å². The molecule has 3 N–H and O–H groups in total. The summed E-state index contributed by atoms with van der Waals surface area (Å²) < 4.78 is 39.6. The molecule has 27 heavy (non-hydrogen) atoms. The molecule has 0 saturated heterocycles. The number of rotatable bonds is 4. The fraction of sp³-hybridized carbons (Fsp3) is 0.375. The quantitative estimate of drug-likeness (QED) is 0.687. The van der Waals surface area contributed by atoms with Crippen LogP contribution in [0.3, 0.4) is 0 Å². The summed E-state index contributed by atoms with van der Waals surface area (Å²) in [5.41, 5.74) is 0.329. The molecule has 0 fully saturated rings. The maximum atomic E-state index is 12.9. The van der Waals surface area contributed by atoms with Gasteiger partial charge in [0.2, 0.25) is 11.7 Å². The zero-order valence-electron chi connectivity index (χ0n) is 14.8. The van der Waals surface area contributed by atoms with Crippen molar-refractivity contribution in [2.24, 2.45) is 7.05 Å². The zero-order chi connectivity index (χ0) is 20.4. The molecule has 1 aromatic heterocycles. The van der Waals surface area contributed by atoms with Gasteiger partial charge in [0.05, 0.1) is 17.6 Å². The predicted molar refractivity (Wildman–Crippen MR) is 90.6 cm³/mol. The number of imidazole rings is 1. The van der Waals surface area contributed by atoms with E-state index in [0.717, 1.165) is 4.57 Å². The number of aryl methyl sites for hydroxylation is 1. The highest BCUT2D eigenvalue weighted by Crippen LogP contribution is 2.31. The number of aromatic nitrogens is 2. The summed E-state index contributed by atoms with van der Waals surface area (Å²) in [4.78, 5) is 38.5. The first kappa shape index (κ1) is 20.2. The highest BCUT2D eigenvalue weighted by molar-refractivity contribution is 6.39. The van der Waals surface area contributed by atoms with E-state index in [1.165, 1.54) is 25.2 Å². The number of halogens is 3. The summed E-state index contributed by atoms with van der Waals surface area (Å²) in [6.07, 6.45) is -4.62. The van der Waals surface area contributed by atoms with E-state index in [-0.39, 0.29) is 29.3 Å². The summed E-state index contributed by atoms with van der Waals surface area (Å²) in [7, 11) is 1.23. The Morgan fingerprint density at radius 1 is 1.19 bits per heavy atom. The number of carbonyl (C=O) groups excluding carboxylic acids is 3. The Morgan fingerprint density at radius 3 is 2.44 bits per heavy atom. The van der Waals surface area contributed by atoms with E-state index in [2.05, 4.69) is 20.9 Å². The minimum absolute atomic E-state index is 0.0133. The predicted octanol–water partition coefficient (Wildman–Crippen LogP) is 1.17. The molecule has 0 aliphatic rings. The fourth-order valence-corrected chi connectivity index (χ4v) is 2.33. The van der Waals surface area contributed by atoms with Gasteiger partial charge in [-0.05, 0) is 32.0 Å². The Morgan fingerprint density at radius 2 is 1.85 bits per heavy atom. The smallest absolute Gasteiger partial charge is 0.352 e. The Kier molecular flexibility index (Phi) is 5.72. The average molecular weight is 385 g/mol. The lowest BCUT2D eigenvalue weighted by molar-refractivity contribution is -0.146. The van der Waals surface area contributed by atoms with Crippen LogP contribution in [0.5, 0.6) is 0 Å². The third kappa shape index (κ3) is 4.96. The molecule has 0 atom stereocenters. The van der Waals surface area contributed by atoms with Crippen LogP contribution in [0.25, 0.3) is 11.0 Å². The Balaban J connectivity index is 2.06. The molecule has 0 radical (unpaired) electrons. The van der Waals surface area contributed by atoms with Crippen LogP contribution in [0.4, 0.5) is 18.9 Å². The van der Waals surface area contributed by atoms with Crippen molar-refractivity contribution in [3.8, 4) is 0 Å². The monoisotopic (exact) mass is 385 g/mol. The van der Waals surface area contributed by atoms with Gasteiger partial charge >= 0.3 is 18.0 Å². The molecular formula is C16H18F3N5O3. The Labute approximate surface area is 152 Å². The Bertz CT molecular complexity index is 889. The molecule has 3 amide bonds. The first-order chi connectivity index (χ1) is 12.5. The van der Waals surface area contributed by atoms with Crippen LogP contribution in [-0.4, -0.2) is 39.9 Å². The molecule has 0 spiro atoms. The maximum Gasteiger partial charge on any atom is 0.449 e. The maximum absolute atomic E-state index is 12.9. The Hall–Kier alpha value is -3.11. The number of nitrogens with one attached hydrogen (secondary N) is 3. The number of hydrogen-bond donors (Lipinski definition) is 3. The van der Waals surface area contributed by atoms with Crippen molar-refractivity contribution in [3.05, 3.63) is 24.0 Å². The van der Waals surface area contributed by atoms with Gasteiger partial charge in [0, 0.05) is 18.8 Å². The number of fused-ring (bicyclic) bond motifs is 1. The molecule has 2 rings (SSSR count). The van der Waals surface area contributed by atoms with Crippen LogP contribution in [-0.2, 0) is 27.6 Å². The molecule has 2 aromatic rings. The number of anilines is 1. The summed E-state index contributed by atoms with van der Waals surface area (Å²) in [5, 5.41) is 6.94. The van der Waals surface area contributed by atoms with Gasteiger partial charge in [-0.25, -0.2) is 4.98 Å². The molecule has 146 valence electrons. The van der Waals surface area contributed by atoms with E-state index in [0.29, 0.717) is 0 Å². The SMILES string of the molecule is CC(C)NC(=O)CNC(=O)C(=O)Nc1ccc2c(c1)nc(C(F)(F)F)n2C. The second kappa shape index (κ2) is 7.64. The van der Waals surface area contributed by atoms with E-state index in [1.807, 2.05) is 0 Å². The van der Waals surface area contributed by atoms with Crippen molar-refractivity contribution in [1.82, 2.24) is 20.2 Å². The summed E-state index contributed by atoms with van der Waals surface area (Å²) >= 11 is 0. The van der Waals surface area contributed by atoms with E-state index < -0.39 is 29.7 Å². The molecule has 0 unspecified atom stereocenters. The highest BCUT2D eigenvalue weighted by atomic mass is 19.4. The van der Waals surface area contributed by atoms with Crippen LogP contribution < -0.4 is 16.0 Å². The minimum atomic E-state index is -4.62. The highest BCUT2D eigenvalue weighted by Gasteiger charge is 2.36. The molecular weight excluding hydrogens is 367 g/mol. The molecule has 1 aromatic carbocycles. The van der Waals surface area contributed by atoms with Gasteiger partial charge in [-0.15, -0.1) is 0 Å². The number of carbonyl (C=O) groups is 3. The van der Waals surface area contributed by atoms with Crippen molar-refractivity contribution in [2.75, 3.05) is 11.9 Å². The number of hydrogen-bond acceptors (Lipinski definition) is 4. The van der Waals surface area contributed by atoms with Crippen molar-refractivity contribution >= 4 is 34.4 Å². The molecule has 11 heteroatoms. The van der Waals surface area contributed by atoms with Gasteiger partial charge in [-0.2, -0.15) is 13.2 Å². The van der Waals surface area contributed by atoms with E-state index in [9.17, 15) is 27.6 Å². The van der Waals surface area contributed by atoms with Crippen LogP contribution >= 0.6 is 0 Å². The lowest BCUT2D eigenvalue weighted by Gasteiger charge is -2.09. The third-order valence-electron chi connectivity index (χ3n) is 3.46. The normalized spacial score (nSPS) is 11.5. The van der Waals surface area contributed by atoms with Crippen molar-refractivity contribution in [2.45, 2.75) is 26.1 Å².